The second-order valence-electron chi connectivity index (χ2n) is 6.66. The molecule has 136 valence electrons. The summed E-state index contributed by atoms with van der Waals surface area (Å²) < 4.78 is 21.1. The number of aryl methyl sites for hydroxylation is 1. The first-order valence-electron chi connectivity index (χ1n) is 9.35. The monoisotopic (exact) mass is 343 g/mol. The smallest absolute Gasteiger partial charge is 0.128 e. The molecule has 3 rings (SSSR count). The second-order valence-corrected chi connectivity index (χ2v) is 6.66. The number of nitrogens with zero attached hydrogens (tertiary/aromatic N) is 2. The summed E-state index contributed by atoms with van der Waals surface area (Å²) in [4.78, 5) is 2.34. The van der Waals surface area contributed by atoms with E-state index in [2.05, 4.69) is 36.0 Å². The molecular formula is C21H29FN2O. The number of ether oxygens (including phenoxy) is 1. The first-order chi connectivity index (χ1) is 12.2. The van der Waals surface area contributed by atoms with Gasteiger partial charge in [-0.15, -0.1) is 0 Å². The quantitative estimate of drug-likeness (QED) is 0.712. The molecule has 1 aliphatic rings. The van der Waals surface area contributed by atoms with Gasteiger partial charge in [0.15, 0.2) is 0 Å². The van der Waals surface area contributed by atoms with Crippen LogP contribution in [-0.4, -0.2) is 36.3 Å². The highest BCUT2D eigenvalue weighted by molar-refractivity contribution is 5.92. The molecule has 0 spiro atoms. The molecule has 0 saturated heterocycles. The molecule has 0 bridgehead atoms. The third kappa shape index (κ3) is 2.92. The molecule has 0 fully saturated rings. The average molecular weight is 343 g/mol. The van der Waals surface area contributed by atoms with E-state index in [0.29, 0.717) is 6.54 Å². The van der Waals surface area contributed by atoms with Crippen molar-refractivity contribution in [1.82, 2.24) is 9.47 Å². The number of benzene rings is 1. The lowest BCUT2D eigenvalue weighted by molar-refractivity contribution is 0.344. The van der Waals surface area contributed by atoms with Crippen molar-refractivity contribution in [2.45, 2.75) is 45.6 Å². The third-order valence-electron chi connectivity index (χ3n) is 5.56. The van der Waals surface area contributed by atoms with Crippen LogP contribution in [0.1, 0.15) is 43.9 Å². The number of halogens is 1. The standard InChI is InChI=1S/C21H29FN2O/c1-5-23(6-2)15(3)16-9-7-10-17-20(16)21-18(24(17)14-13-22)11-8-12-19(21)25-4/h8,11-12,16H,3,5-7,9-10,13-14H2,1-2,4H3/i22-1. The molecule has 1 heterocycles. The Bertz CT molecular complexity index is 761. The van der Waals surface area contributed by atoms with Crippen LogP contribution in [0.15, 0.2) is 30.5 Å². The summed E-state index contributed by atoms with van der Waals surface area (Å²) in [7, 11) is 1.71. The van der Waals surface area contributed by atoms with E-state index in [1.807, 2.05) is 12.1 Å². The van der Waals surface area contributed by atoms with E-state index >= 15 is 0 Å². The van der Waals surface area contributed by atoms with E-state index in [1.54, 1.807) is 7.11 Å². The number of hydrogen-bond acceptors (Lipinski definition) is 2. The van der Waals surface area contributed by atoms with Gasteiger partial charge in [-0.25, -0.2) is 4.39 Å². The van der Waals surface area contributed by atoms with E-state index in [4.69, 9.17) is 4.74 Å². The van der Waals surface area contributed by atoms with Crippen LogP contribution in [0.3, 0.4) is 0 Å². The zero-order valence-corrected chi connectivity index (χ0v) is 15.6. The lowest BCUT2D eigenvalue weighted by atomic mass is 9.82. The molecule has 1 unspecified atom stereocenters. The minimum atomic E-state index is -0.352. The lowest BCUT2D eigenvalue weighted by Crippen LogP contribution is -2.27. The molecule has 0 N–H and O–H groups in total. The number of aromatic nitrogens is 1. The molecule has 1 aromatic heterocycles. The summed E-state index contributed by atoms with van der Waals surface area (Å²) in [5.74, 6) is 1.16. The lowest BCUT2D eigenvalue weighted by Gasteiger charge is -2.33. The molecule has 1 aliphatic carbocycles. The van der Waals surface area contributed by atoms with Crippen molar-refractivity contribution in [3.05, 3.63) is 41.7 Å². The van der Waals surface area contributed by atoms with Crippen molar-refractivity contribution in [2.24, 2.45) is 0 Å². The van der Waals surface area contributed by atoms with Crippen LogP contribution < -0.4 is 4.74 Å². The molecule has 3 nitrogen and oxygen atoms in total. The molecule has 2 aromatic rings. The Morgan fingerprint density at radius 1 is 1.36 bits per heavy atom. The molecule has 1 aromatic carbocycles. The number of methoxy groups -OCH3 is 1. The van der Waals surface area contributed by atoms with Gasteiger partial charge in [0, 0.05) is 35.8 Å². The summed E-state index contributed by atoms with van der Waals surface area (Å²) in [5, 5.41) is 1.14. The summed E-state index contributed by atoms with van der Waals surface area (Å²) in [6, 6.07) is 6.09. The zero-order chi connectivity index (χ0) is 18.0. The van der Waals surface area contributed by atoms with Gasteiger partial charge in [-0.3, -0.25) is 0 Å². The van der Waals surface area contributed by atoms with Crippen molar-refractivity contribution < 1.29 is 9.13 Å². The molecule has 0 amide bonds. The van der Waals surface area contributed by atoms with Gasteiger partial charge in [-0.2, -0.15) is 0 Å². The first-order valence-corrected chi connectivity index (χ1v) is 9.35. The summed E-state index contributed by atoms with van der Waals surface area (Å²) in [6.07, 6.45) is 3.20. The van der Waals surface area contributed by atoms with Gasteiger partial charge in [0.2, 0.25) is 0 Å². The normalized spacial score (nSPS) is 16.7. The van der Waals surface area contributed by atoms with Crippen molar-refractivity contribution in [3.63, 3.8) is 0 Å². The third-order valence-corrected chi connectivity index (χ3v) is 5.56. The van der Waals surface area contributed by atoms with Crippen molar-refractivity contribution in [3.8, 4) is 5.75 Å². The van der Waals surface area contributed by atoms with Gasteiger partial charge in [0.05, 0.1) is 19.2 Å². The molecule has 1 atom stereocenters. The fourth-order valence-electron chi connectivity index (χ4n) is 4.41. The van der Waals surface area contributed by atoms with Crippen LogP contribution in [0.4, 0.5) is 4.39 Å². The average Bonchev–Trinajstić information content (AvgIpc) is 2.97. The van der Waals surface area contributed by atoms with Crippen LogP contribution in [0.25, 0.3) is 10.9 Å². The van der Waals surface area contributed by atoms with Crippen LogP contribution in [0, 0.1) is 0 Å². The van der Waals surface area contributed by atoms with E-state index in [1.165, 1.54) is 17.0 Å². The fourth-order valence-corrected chi connectivity index (χ4v) is 4.41. The maximum atomic E-state index is 13.3. The maximum absolute atomic E-state index is 13.3. The van der Waals surface area contributed by atoms with Gasteiger partial charge in [0.25, 0.3) is 0 Å². The summed E-state index contributed by atoms with van der Waals surface area (Å²) in [5.41, 5.74) is 4.84. The topological polar surface area (TPSA) is 17.4 Å². The molecular weight excluding hydrogens is 314 g/mol. The van der Waals surface area contributed by atoms with E-state index in [-0.39, 0.29) is 12.6 Å². The van der Waals surface area contributed by atoms with E-state index in [0.717, 1.165) is 49.0 Å². The van der Waals surface area contributed by atoms with E-state index < -0.39 is 0 Å². The Balaban J connectivity index is 2.23. The maximum Gasteiger partial charge on any atom is 0.128 e. The van der Waals surface area contributed by atoms with Gasteiger partial charge < -0.3 is 14.2 Å². The van der Waals surface area contributed by atoms with Crippen LogP contribution in [0.5, 0.6) is 5.75 Å². The molecule has 0 saturated carbocycles. The van der Waals surface area contributed by atoms with Gasteiger partial charge in [-0.05, 0) is 50.8 Å². The number of alkyl halides is 1. The van der Waals surface area contributed by atoms with Gasteiger partial charge in [-0.1, -0.05) is 12.6 Å². The van der Waals surface area contributed by atoms with Crippen molar-refractivity contribution in [2.75, 3.05) is 26.9 Å². The highest BCUT2D eigenvalue weighted by Gasteiger charge is 2.31. The Labute approximate surface area is 150 Å². The number of fused-ring (bicyclic) bond motifs is 3. The number of likely N-dealkylation sites (N-methyl/N-ethyl adjacent to an activating group) is 1. The fraction of sp³-hybridized carbons (Fsp3) is 0.524. The Morgan fingerprint density at radius 3 is 2.76 bits per heavy atom. The molecule has 4 heteroatoms. The minimum Gasteiger partial charge on any atom is -0.496 e. The Hall–Kier alpha value is -1.97. The largest absolute Gasteiger partial charge is 0.496 e. The first kappa shape index (κ1) is 17.8. The van der Waals surface area contributed by atoms with Crippen LogP contribution >= 0.6 is 0 Å². The zero-order valence-electron chi connectivity index (χ0n) is 15.6. The molecule has 25 heavy (non-hydrogen) atoms. The number of rotatable bonds is 7. The number of hydrogen-bond donors (Lipinski definition) is 0. The number of allylic oxidation sites excluding steroid dienone is 1. The minimum absolute atomic E-state index is 0.281. The van der Waals surface area contributed by atoms with Crippen molar-refractivity contribution >= 4 is 10.9 Å². The predicted molar refractivity (Wildman–Crippen MR) is 102 cm³/mol. The second kappa shape index (κ2) is 7.51. The summed E-state index contributed by atoms with van der Waals surface area (Å²) >= 11 is 0. The molecule has 0 radical (unpaired) electrons. The highest BCUT2D eigenvalue weighted by atomic mass is 18.2. The van der Waals surface area contributed by atoms with Crippen LogP contribution in [-0.2, 0) is 13.0 Å². The van der Waals surface area contributed by atoms with Gasteiger partial charge >= 0.3 is 0 Å². The predicted octanol–water partition coefficient (Wildman–Crippen LogP) is 4.89. The molecule has 0 aliphatic heterocycles. The Morgan fingerprint density at radius 2 is 2.12 bits per heavy atom. The van der Waals surface area contributed by atoms with Crippen molar-refractivity contribution in [1.29, 1.82) is 0 Å². The highest BCUT2D eigenvalue weighted by Crippen LogP contribution is 2.45. The summed E-state index contributed by atoms with van der Waals surface area (Å²) in [6.45, 7) is 10.8. The van der Waals surface area contributed by atoms with Crippen LogP contribution in [0.2, 0.25) is 0 Å². The van der Waals surface area contributed by atoms with Gasteiger partial charge in [0.1, 0.15) is 12.4 Å². The van der Waals surface area contributed by atoms with E-state index in [9.17, 15) is 4.39 Å². The Kier molecular flexibility index (Phi) is 5.36. The SMILES string of the molecule is C=C(C1CCCc2c1c1c(OC)cccc1n2CC[18F])N(CC)CC.